The van der Waals surface area contributed by atoms with Gasteiger partial charge in [-0.05, 0) is 31.2 Å². The number of esters is 1. The molecule has 2 aromatic heterocycles. The molecule has 23 heavy (non-hydrogen) atoms. The molecule has 0 N–H and O–H groups in total. The number of aryl methyl sites for hydroxylation is 1. The van der Waals surface area contributed by atoms with E-state index >= 15 is 0 Å². The number of rotatable bonds is 5. The molecule has 0 unspecified atom stereocenters. The van der Waals surface area contributed by atoms with Crippen molar-refractivity contribution in [1.82, 2.24) is 9.88 Å². The number of hydrogen-bond acceptors (Lipinski definition) is 5. The summed E-state index contributed by atoms with van der Waals surface area (Å²) < 4.78 is 9.98. The first kappa shape index (κ1) is 16.7. The van der Waals surface area contributed by atoms with Gasteiger partial charge in [0.1, 0.15) is 5.69 Å². The summed E-state index contributed by atoms with van der Waals surface area (Å²) >= 11 is 0. The average molecular weight is 316 g/mol. The fourth-order valence-corrected chi connectivity index (χ4v) is 2.32. The van der Waals surface area contributed by atoms with Gasteiger partial charge in [0, 0.05) is 13.6 Å². The quantitative estimate of drug-likeness (QED) is 0.793. The molecule has 0 aliphatic heterocycles. The predicted molar refractivity (Wildman–Crippen MR) is 84.8 cm³/mol. The molecule has 0 fully saturated rings. The summed E-state index contributed by atoms with van der Waals surface area (Å²) in [4.78, 5) is 29.9. The zero-order chi connectivity index (χ0) is 17.0. The molecular weight excluding hydrogens is 296 g/mol. The molecule has 0 aliphatic rings. The highest BCUT2D eigenvalue weighted by Crippen LogP contribution is 2.20. The van der Waals surface area contributed by atoms with E-state index < -0.39 is 0 Å². The summed E-state index contributed by atoms with van der Waals surface area (Å²) in [6.45, 7) is 3.78. The van der Waals surface area contributed by atoms with E-state index in [0.717, 1.165) is 0 Å². The fraction of sp³-hybridized carbons (Fsp3) is 0.353. The molecule has 0 spiro atoms. The summed E-state index contributed by atoms with van der Waals surface area (Å²) in [6.07, 6.45) is 1.58. The van der Waals surface area contributed by atoms with Crippen LogP contribution in [0.15, 0.2) is 34.9 Å². The molecule has 2 rings (SSSR count). The maximum atomic E-state index is 12.5. The lowest BCUT2D eigenvalue weighted by atomic mass is 10.1. The Balaban J connectivity index is 2.14. The number of furan rings is 1. The van der Waals surface area contributed by atoms with Gasteiger partial charge in [0.05, 0.1) is 30.5 Å². The second-order valence-electron chi connectivity index (χ2n) is 5.42. The van der Waals surface area contributed by atoms with Gasteiger partial charge < -0.3 is 14.1 Å². The molecule has 2 aromatic rings. The Morgan fingerprint density at radius 1 is 1.35 bits per heavy atom. The minimum absolute atomic E-state index is 0.184. The van der Waals surface area contributed by atoms with Crippen LogP contribution in [0.2, 0.25) is 0 Å². The lowest BCUT2D eigenvalue weighted by molar-refractivity contribution is -0.145. The molecule has 0 radical (unpaired) electrons. The monoisotopic (exact) mass is 316 g/mol. The van der Waals surface area contributed by atoms with Crippen LogP contribution in [-0.4, -0.2) is 42.5 Å². The topological polar surface area (TPSA) is 72.6 Å². The van der Waals surface area contributed by atoms with E-state index in [0.29, 0.717) is 22.7 Å². The maximum absolute atomic E-state index is 12.5. The van der Waals surface area contributed by atoms with Gasteiger partial charge in [0.2, 0.25) is 0 Å². The van der Waals surface area contributed by atoms with Crippen LogP contribution >= 0.6 is 0 Å². The largest absolute Gasteiger partial charge is 0.469 e. The first-order valence-corrected chi connectivity index (χ1v) is 7.29. The molecule has 122 valence electrons. The zero-order valence-electron chi connectivity index (χ0n) is 13.7. The second kappa shape index (κ2) is 7.09. The van der Waals surface area contributed by atoms with E-state index in [1.807, 2.05) is 6.07 Å². The Labute approximate surface area is 135 Å². The number of nitrogens with zero attached hydrogens (tertiary/aromatic N) is 2. The molecule has 0 saturated heterocycles. The van der Waals surface area contributed by atoms with Crippen LogP contribution in [0.4, 0.5) is 0 Å². The molecule has 6 nitrogen and oxygen atoms in total. The molecule has 0 saturated carbocycles. The highest BCUT2D eigenvalue weighted by atomic mass is 16.5. The van der Waals surface area contributed by atoms with Gasteiger partial charge in [-0.2, -0.15) is 0 Å². The number of carbonyl (C=O) groups excluding carboxylic acids is 2. The van der Waals surface area contributed by atoms with Crippen molar-refractivity contribution < 1.29 is 18.7 Å². The van der Waals surface area contributed by atoms with Crippen molar-refractivity contribution in [3.63, 3.8) is 0 Å². The van der Waals surface area contributed by atoms with Crippen molar-refractivity contribution >= 4 is 11.9 Å². The van der Waals surface area contributed by atoms with E-state index in [4.69, 9.17) is 4.42 Å². The molecule has 6 heteroatoms. The molecule has 1 atom stereocenters. The second-order valence-corrected chi connectivity index (χ2v) is 5.42. The van der Waals surface area contributed by atoms with Crippen molar-refractivity contribution in [2.24, 2.45) is 5.92 Å². The van der Waals surface area contributed by atoms with E-state index in [1.54, 1.807) is 45.4 Å². The molecular formula is C17H20N2O4. The molecule has 0 bridgehead atoms. The molecule has 0 aromatic carbocycles. The highest BCUT2D eigenvalue weighted by Gasteiger charge is 2.21. The van der Waals surface area contributed by atoms with Gasteiger partial charge in [-0.15, -0.1) is 0 Å². The van der Waals surface area contributed by atoms with Crippen molar-refractivity contribution in [3.05, 3.63) is 41.8 Å². The Morgan fingerprint density at radius 2 is 2.09 bits per heavy atom. The summed E-state index contributed by atoms with van der Waals surface area (Å²) in [6, 6.07) is 7.07. The van der Waals surface area contributed by atoms with Gasteiger partial charge in [-0.1, -0.05) is 6.92 Å². The summed E-state index contributed by atoms with van der Waals surface area (Å²) in [5.41, 5.74) is 1.79. The van der Waals surface area contributed by atoms with Gasteiger partial charge >= 0.3 is 5.97 Å². The zero-order valence-corrected chi connectivity index (χ0v) is 13.7. The number of hydrogen-bond donors (Lipinski definition) is 0. The van der Waals surface area contributed by atoms with E-state index in [-0.39, 0.29) is 24.3 Å². The van der Waals surface area contributed by atoms with E-state index in [2.05, 4.69) is 9.72 Å². The van der Waals surface area contributed by atoms with Crippen molar-refractivity contribution in [2.45, 2.75) is 13.8 Å². The minimum Gasteiger partial charge on any atom is -0.469 e. The number of aromatic nitrogens is 1. The number of amides is 1. The van der Waals surface area contributed by atoms with Crippen LogP contribution in [0.5, 0.6) is 0 Å². The third kappa shape index (κ3) is 3.77. The van der Waals surface area contributed by atoms with Gasteiger partial charge in [0.15, 0.2) is 5.76 Å². The van der Waals surface area contributed by atoms with E-state index in [9.17, 15) is 9.59 Å². The van der Waals surface area contributed by atoms with Crippen molar-refractivity contribution in [3.8, 4) is 11.5 Å². The van der Waals surface area contributed by atoms with Crippen LogP contribution in [0.3, 0.4) is 0 Å². The predicted octanol–water partition coefficient (Wildman–Crippen LogP) is 2.53. The Kier molecular flexibility index (Phi) is 5.16. The highest BCUT2D eigenvalue weighted by molar-refractivity contribution is 5.95. The van der Waals surface area contributed by atoms with Crippen molar-refractivity contribution in [2.75, 3.05) is 20.7 Å². The maximum Gasteiger partial charge on any atom is 0.310 e. The summed E-state index contributed by atoms with van der Waals surface area (Å²) in [5.74, 6) is -0.256. The Bertz CT molecular complexity index is 695. The van der Waals surface area contributed by atoms with Crippen LogP contribution < -0.4 is 0 Å². The van der Waals surface area contributed by atoms with Crippen LogP contribution in [0.25, 0.3) is 11.5 Å². The molecule has 2 heterocycles. The normalized spacial score (nSPS) is 11.8. The summed E-state index contributed by atoms with van der Waals surface area (Å²) in [7, 11) is 2.99. The Hall–Kier alpha value is -2.63. The molecule has 1 amide bonds. The first-order valence-electron chi connectivity index (χ1n) is 7.29. The van der Waals surface area contributed by atoms with Gasteiger partial charge in [0.25, 0.3) is 5.91 Å². The third-order valence-electron chi connectivity index (χ3n) is 3.59. The first-order chi connectivity index (χ1) is 10.9. The van der Waals surface area contributed by atoms with Gasteiger partial charge in [-0.3, -0.25) is 9.59 Å². The average Bonchev–Trinajstić information content (AvgIpc) is 3.07. The third-order valence-corrected chi connectivity index (χ3v) is 3.59. The minimum atomic E-state index is -0.385. The van der Waals surface area contributed by atoms with Crippen LogP contribution in [0.1, 0.15) is 23.0 Å². The lowest BCUT2D eigenvalue weighted by Crippen LogP contribution is -2.34. The summed E-state index contributed by atoms with van der Waals surface area (Å²) in [5, 5.41) is 0. The number of carbonyl (C=O) groups is 2. The number of ether oxygens (including phenoxy) is 1. The van der Waals surface area contributed by atoms with E-state index in [1.165, 1.54) is 12.0 Å². The SMILES string of the molecule is COC(=O)[C@@H](C)CN(C)C(=O)c1ccc(-c2ccco2)nc1C. The number of pyridine rings is 1. The Morgan fingerprint density at radius 3 is 2.65 bits per heavy atom. The van der Waals surface area contributed by atoms with Crippen molar-refractivity contribution in [1.29, 1.82) is 0 Å². The standard InChI is InChI=1S/C17H20N2O4/c1-11(17(21)22-4)10-19(3)16(20)13-7-8-14(18-12(13)2)15-6-5-9-23-15/h5-9,11H,10H2,1-4H3/t11-/m0/s1. The fourth-order valence-electron chi connectivity index (χ4n) is 2.32. The lowest BCUT2D eigenvalue weighted by Gasteiger charge is -2.21. The number of methoxy groups -OCH3 is 1. The smallest absolute Gasteiger partial charge is 0.310 e. The van der Waals surface area contributed by atoms with Crippen LogP contribution in [-0.2, 0) is 9.53 Å². The molecule has 0 aliphatic carbocycles. The van der Waals surface area contributed by atoms with Gasteiger partial charge in [-0.25, -0.2) is 4.98 Å². The van der Waals surface area contributed by atoms with Crippen LogP contribution in [0, 0.1) is 12.8 Å².